The molecule has 0 aromatic carbocycles. The van der Waals surface area contributed by atoms with Gasteiger partial charge in [-0.1, -0.05) is 29.9 Å². The molecular weight excluding hydrogens is 388 g/mol. The molecule has 6 nitrogen and oxygen atoms in total. The molecule has 4 heterocycles. The average Bonchev–Trinajstić information content (AvgIpc) is 3.37. The topological polar surface area (TPSA) is 73.8 Å². The fourth-order valence-electron chi connectivity index (χ4n) is 2.59. The summed E-state index contributed by atoms with van der Waals surface area (Å²) in [5.41, 5.74) is 0.939. The quantitative estimate of drug-likeness (QED) is 0.351. The van der Waals surface area contributed by atoms with Crippen molar-refractivity contribution < 1.29 is 4.52 Å². The lowest BCUT2D eigenvalue weighted by molar-refractivity contribution is 0.373. The molecule has 0 aliphatic rings. The van der Waals surface area contributed by atoms with Crippen LogP contribution in [0.4, 0.5) is 0 Å². The van der Waals surface area contributed by atoms with Crippen molar-refractivity contribution in [3.05, 3.63) is 45.0 Å². The molecule has 0 unspecified atom stereocenters. The highest BCUT2D eigenvalue weighted by Gasteiger charge is 2.17. The van der Waals surface area contributed by atoms with Crippen molar-refractivity contribution in [1.82, 2.24) is 19.7 Å². The number of nitrogens with zero attached hydrogens (tertiary/aromatic N) is 4. The van der Waals surface area contributed by atoms with Crippen LogP contribution in [-0.2, 0) is 19.2 Å². The summed E-state index contributed by atoms with van der Waals surface area (Å²) < 4.78 is 6.80. The van der Waals surface area contributed by atoms with Crippen LogP contribution in [0.5, 0.6) is 0 Å². The van der Waals surface area contributed by atoms with Crippen LogP contribution < -0.4 is 5.56 Å². The number of thiophene rings is 2. The van der Waals surface area contributed by atoms with E-state index in [4.69, 9.17) is 4.52 Å². The third kappa shape index (κ3) is 3.22. The van der Waals surface area contributed by atoms with E-state index in [1.165, 1.54) is 23.1 Å². The Morgan fingerprint density at radius 3 is 2.96 bits per heavy atom. The lowest BCUT2D eigenvalue weighted by atomic mass is 10.2. The van der Waals surface area contributed by atoms with Crippen molar-refractivity contribution in [3.63, 3.8) is 0 Å². The second kappa shape index (κ2) is 7.34. The Morgan fingerprint density at radius 2 is 2.19 bits per heavy atom. The van der Waals surface area contributed by atoms with Crippen LogP contribution in [0.3, 0.4) is 0 Å². The molecule has 0 saturated carbocycles. The molecule has 4 aromatic rings. The van der Waals surface area contributed by atoms with Crippen molar-refractivity contribution in [3.8, 4) is 10.4 Å². The monoisotopic (exact) mass is 404 g/mol. The van der Waals surface area contributed by atoms with Gasteiger partial charge in [-0.05, 0) is 17.9 Å². The zero-order chi connectivity index (χ0) is 18.1. The van der Waals surface area contributed by atoms with Gasteiger partial charge in [0.15, 0.2) is 11.0 Å². The number of aryl methyl sites for hydroxylation is 1. The molecule has 0 aliphatic carbocycles. The summed E-state index contributed by atoms with van der Waals surface area (Å²) >= 11 is 4.57. The van der Waals surface area contributed by atoms with E-state index in [0.717, 1.165) is 28.1 Å². The normalized spacial score (nSPS) is 11.5. The number of fused-ring (bicyclic) bond motifs is 1. The summed E-state index contributed by atoms with van der Waals surface area (Å²) in [5.74, 6) is 1.79. The minimum absolute atomic E-state index is 0.0260. The summed E-state index contributed by atoms with van der Waals surface area (Å²) in [6.07, 6.45) is 1.74. The summed E-state index contributed by atoms with van der Waals surface area (Å²) in [6.45, 7) is 2.07. The molecule has 4 aromatic heterocycles. The lowest BCUT2D eigenvalue weighted by Crippen LogP contribution is -2.19. The van der Waals surface area contributed by atoms with Crippen LogP contribution in [0.25, 0.3) is 20.7 Å². The third-order valence-electron chi connectivity index (χ3n) is 3.87. The van der Waals surface area contributed by atoms with Gasteiger partial charge in [0.25, 0.3) is 5.56 Å². The zero-order valence-corrected chi connectivity index (χ0v) is 16.7. The minimum atomic E-state index is -0.0260. The van der Waals surface area contributed by atoms with Gasteiger partial charge in [0, 0.05) is 29.3 Å². The van der Waals surface area contributed by atoms with E-state index in [1.807, 2.05) is 22.9 Å². The Hall–Kier alpha value is -1.97. The molecular formula is C17H16N4O2S3. The summed E-state index contributed by atoms with van der Waals surface area (Å²) in [4.78, 5) is 23.8. The van der Waals surface area contributed by atoms with Crippen LogP contribution >= 0.6 is 34.4 Å². The van der Waals surface area contributed by atoms with Gasteiger partial charge < -0.3 is 4.52 Å². The molecule has 0 fully saturated rings. The Labute approximate surface area is 161 Å². The van der Waals surface area contributed by atoms with Gasteiger partial charge in [-0.2, -0.15) is 4.98 Å². The van der Waals surface area contributed by atoms with Crippen molar-refractivity contribution >= 4 is 44.7 Å². The first kappa shape index (κ1) is 17.4. The largest absolute Gasteiger partial charge is 0.339 e. The highest BCUT2D eigenvalue weighted by molar-refractivity contribution is 7.98. The number of thioether (sulfide) groups is 1. The number of rotatable bonds is 6. The fourth-order valence-corrected chi connectivity index (χ4v) is 5.21. The summed E-state index contributed by atoms with van der Waals surface area (Å²) in [5, 5.41) is 9.35. The van der Waals surface area contributed by atoms with E-state index in [-0.39, 0.29) is 5.56 Å². The van der Waals surface area contributed by atoms with Crippen molar-refractivity contribution in [1.29, 1.82) is 0 Å². The Bertz CT molecular complexity index is 1100. The van der Waals surface area contributed by atoms with Gasteiger partial charge in [0.2, 0.25) is 5.89 Å². The maximum absolute atomic E-state index is 12.9. The highest BCUT2D eigenvalue weighted by atomic mass is 32.2. The molecule has 0 bridgehead atoms. The number of hydrogen-bond donors (Lipinski definition) is 0. The maximum Gasteiger partial charge on any atom is 0.263 e. The molecule has 134 valence electrons. The van der Waals surface area contributed by atoms with Crippen LogP contribution in [-0.4, -0.2) is 19.7 Å². The lowest BCUT2D eigenvalue weighted by Gasteiger charge is -2.06. The molecule has 4 rings (SSSR count). The summed E-state index contributed by atoms with van der Waals surface area (Å²) in [7, 11) is 1.76. The van der Waals surface area contributed by atoms with E-state index in [1.54, 1.807) is 23.0 Å². The van der Waals surface area contributed by atoms with E-state index >= 15 is 0 Å². The van der Waals surface area contributed by atoms with E-state index in [0.29, 0.717) is 28.0 Å². The smallest absolute Gasteiger partial charge is 0.263 e. The van der Waals surface area contributed by atoms with Gasteiger partial charge in [-0.15, -0.1) is 22.7 Å². The number of aromatic nitrogens is 4. The van der Waals surface area contributed by atoms with Gasteiger partial charge in [-0.3, -0.25) is 9.36 Å². The average molecular weight is 405 g/mol. The molecule has 9 heteroatoms. The van der Waals surface area contributed by atoms with Crippen LogP contribution in [0.2, 0.25) is 0 Å². The van der Waals surface area contributed by atoms with Gasteiger partial charge in [-0.25, -0.2) is 4.98 Å². The predicted octanol–water partition coefficient (Wildman–Crippen LogP) is 4.35. The van der Waals surface area contributed by atoms with Crippen molar-refractivity contribution in [2.75, 3.05) is 0 Å². The second-order valence-electron chi connectivity index (χ2n) is 5.71. The molecule has 26 heavy (non-hydrogen) atoms. The van der Waals surface area contributed by atoms with Gasteiger partial charge in [0.05, 0.1) is 11.1 Å². The second-order valence-corrected chi connectivity index (χ2v) is 8.46. The molecule has 0 aliphatic heterocycles. The van der Waals surface area contributed by atoms with E-state index < -0.39 is 0 Å². The molecule has 0 saturated heterocycles. The molecule has 0 radical (unpaired) electrons. The van der Waals surface area contributed by atoms with Crippen LogP contribution in [0, 0.1) is 0 Å². The predicted molar refractivity (Wildman–Crippen MR) is 106 cm³/mol. The summed E-state index contributed by atoms with van der Waals surface area (Å²) in [6, 6.07) is 4.02. The molecule has 0 spiro atoms. The molecule has 0 amide bonds. The van der Waals surface area contributed by atoms with Crippen LogP contribution in [0.15, 0.2) is 37.4 Å². The number of hydrogen-bond acceptors (Lipinski definition) is 8. The first-order chi connectivity index (χ1) is 12.7. The fraction of sp³-hybridized carbons (Fsp3) is 0.294. The molecule has 0 N–H and O–H groups in total. The third-order valence-corrected chi connectivity index (χ3v) is 6.67. The van der Waals surface area contributed by atoms with Crippen molar-refractivity contribution in [2.24, 2.45) is 7.05 Å². The van der Waals surface area contributed by atoms with Gasteiger partial charge in [0.1, 0.15) is 4.83 Å². The minimum Gasteiger partial charge on any atom is -0.339 e. The maximum atomic E-state index is 12.9. The van der Waals surface area contributed by atoms with Crippen molar-refractivity contribution in [2.45, 2.75) is 30.7 Å². The van der Waals surface area contributed by atoms with Crippen LogP contribution in [0.1, 0.15) is 25.1 Å². The Kier molecular flexibility index (Phi) is 4.92. The Balaban J connectivity index is 1.64. The SMILES string of the molecule is CCCc1nc(CSc2nc3scc(-c4cccs4)c3c(=O)n2C)no1. The zero-order valence-electron chi connectivity index (χ0n) is 14.3. The molecule has 0 atom stereocenters. The Morgan fingerprint density at radius 1 is 1.31 bits per heavy atom. The first-order valence-electron chi connectivity index (χ1n) is 8.13. The van der Waals surface area contributed by atoms with E-state index in [9.17, 15) is 4.79 Å². The van der Waals surface area contributed by atoms with E-state index in [2.05, 4.69) is 22.0 Å². The highest BCUT2D eigenvalue weighted by Crippen LogP contribution is 2.34. The van der Waals surface area contributed by atoms with Gasteiger partial charge >= 0.3 is 0 Å². The standard InChI is InChI=1S/C17H16N4O2S3/c1-3-5-13-18-12(20-23-13)9-26-17-19-15-14(16(22)21(17)2)10(8-25-15)11-6-4-7-24-11/h4,6-8H,3,5,9H2,1-2H3. The first-order valence-corrected chi connectivity index (χ1v) is 10.9.